The zero-order valence-corrected chi connectivity index (χ0v) is 12.0. The van der Waals surface area contributed by atoms with E-state index in [1.54, 1.807) is 19.1 Å². The fraction of sp³-hybridized carbons (Fsp3) is 0.143. The van der Waals surface area contributed by atoms with Crippen LogP contribution in [0.3, 0.4) is 0 Å². The zero-order chi connectivity index (χ0) is 14.7. The number of aromatic nitrogens is 1. The van der Waals surface area contributed by atoms with Crippen molar-refractivity contribution in [1.82, 2.24) is 10.3 Å². The number of halogens is 3. The number of benzene rings is 1. The molecule has 0 aliphatic heterocycles. The summed E-state index contributed by atoms with van der Waals surface area (Å²) in [4.78, 5) is 15.9. The summed E-state index contributed by atoms with van der Waals surface area (Å²) >= 11 is 11.6. The third kappa shape index (κ3) is 3.46. The monoisotopic (exact) mass is 312 g/mol. The number of nitrogens with one attached hydrogen (secondary N) is 1. The third-order valence-corrected chi connectivity index (χ3v) is 3.27. The standard InChI is InChI=1S/C14H11Cl2FN2O/c1-8(9-3-2-4-10(17)5-9)19-14(20)11-6-13(16)18-7-12(11)15/h2-8H,1H3,(H,19,20). The Hall–Kier alpha value is -1.65. The van der Waals surface area contributed by atoms with Crippen molar-refractivity contribution < 1.29 is 9.18 Å². The van der Waals surface area contributed by atoms with E-state index >= 15 is 0 Å². The van der Waals surface area contributed by atoms with E-state index in [0.717, 1.165) is 0 Å². The molecular formula is C14H11Cl2FN2O. The number of amides is 1. The molecule has 104 valence electrons. The van der Waals surface area contributed by atoms with E-state index in [9.17, 15) is 9.18 Å². The summed E-state index contributed by atoms with van der Waals surface area (Å²) in [6.07, 6.45) is 1.31. The van der Waals surface area contributed by atoms with Crippen molar-refractivity contribution in [2.45, 2.75) is 13.0 Å². The second-order valence-electron chi connectivity index (χ2n) is 4.24. The quantitative estimate of drug-likeness (QED) is 0.870. The normalized spacial score (nSPS) is 12.0. The Labute approximate surface area is 125 Å². The fourth-order valence-corrected chi connectivity index (χ4v) is 2.07. The molecule has 0 bridgehead atoms. The smallest absolute Gasteiger partial charge is 0.253 e. The molecule has 0 saturated heterocycles. The van der Waals surface area contributed by atoms with Crippen LogP contribution in [0.15, 0.2) is 36.5 Å². The molecule has 2 rings (SSSR count). The lowest BCUT2D eigenvalue weighted by atomic mass is 10.1. The first-order chi connectivity index (χ1) is 9.47. The van der Waals surface area contributed by atoms with Crippen LogP contribution in [0.4, 0.5) is 4.39 Å². The molecule has 1 atom stereocenters. The van der Waals surface area contributed by atoms with Gasteiger partial charge in [0.15, 0.2) is 0 Å². The molecule has 1 unspecified atom stereocenters. The zero-order valence-electron chi connectivity index (χ0n) is 10.5. The van der Waals surface area contributed by atoms with Crippen molar-refractivity contribution in [3.63, 3.8) is 0 Å². The molecule has 0 spiro atoms. The second-order valence-corrected chi connectivity index (χ2v) is 5.03. The van der Waals surface area contributed by atoms with Gasteiger partial charge in [0.25, 0.3) is 5.91 Å². The van der Waals surface area contributed by atoms with E-state index in [2.05, 4.69) is 10.3 Å². The van der Waals surface area contributed by atoms with Gasteiger partial charge in [-0.15, -0.1) is 0 Å². The van der Waals surface area contributed by atoms with Gasteiger partial charge in [0.05, 0.1) is 16.6 Å². The summed E-state index contributed by atoms with van der Waals surface area (Å²) in [6.45, 7) is 1.75. The van der Waals surface area contributed by atoms with Gasteiger partial charge in [0, 0.05) is 6.20 Å². The second kappa shape index (κ2) is 6.20. The molecule has 0 aliphatic rings. The highest BCUT2D eigenvalue weighted by Gasteiger charge is 2.15. The number of hydrogen-bond acceptors (Lipinski definition) is 2. The molecule has 2 aromatic rings. The topological polar surface area (TPSA) is 42.0 Å². The molecular weight excluding hydrogens is 302 g/mol. The molecule has 6 heteroatoms. The molecule has 1 heterocycles. The van der Waals surface area contributed by atoms with E-state index in [1.165, 1.54) is 24.4 Å². The summed E-state index contributed by atoms with van der Waals surface area (Å²) in [7, 11) is 0. The minimum Gasteiger partial charge on any atom is -0.345 e. The van der Waals surface area contributed by atoms with Crippen LogP contribution in [-0.4, -0.2) is 10.9 Å². The van der Waals surface area contributed by atoms with Crippen LogP contribution in [-0.2, 0) is 0 Å². The largest absolute Gasteiger partial charge is 0.345 e. The molecule has 1 aromatic heterocycles. The highest BCUT2D eigenvalue weighted by molar-refractivity contribution is 6.35. The first-order valence-electron chi connectivity index (χ1n) is 5.84. The molecule has 0 radical (unpaired) electrons. The fourth-order valence-electron chi connectivity index (χ4n) is 1.72. The van der Waals surface area contributed by atoms with Gasteiger partial charge in [-0.1, -0.05) is 35.3 Å². The molecule has 3 nitrogen and oxygen atoms in total. The summed E-state index contributed by atoms with van der Waals surface area (Å²) in [5, 5.41) is 3.12. The van der Waals surface area contributed by atoms with E-state index in [-0.39, 0.29) is 27.6 Å². The van der Waals surface area contributed by atoms with Crippen molar-refractivity contribution >= 4 is 29.1 Å². The predicted octanol–water partition coefficient (Wildman–Crippen LogP) is 4.02. The van der Waals surface area contributed by atoms with Crippen molar-refractivity contribution in [2.75, 3.05) is 0 Å². The van der Waals surface area contributed by atoms with Crippen LogP contribution in [0, 0.1) is 5.82 Å². The maximum Gasteiger partial charge on any atom is 0.253 e. The van der Waals surface area contributed by atoms with Crippen LogP contribution in [0.2, 0.25) is 10.2 Å². The number of pyridine rings is 1. The van der Waals surface area contributed by atoms with Crippen LogP contribution in [0.25, 0.3) is 0 Å². The highest BCUT2D eigenvalue weighted by atomic mass is 35.5. The summed E-state index contributed by atoms with van der Waals surface area (Å²) in [5.74, 6) is -0.746. The Balaban J connectivity index is 2.17. The van der Waals surface area contributed by atoms with Crippen molar-refractivity contribution in [3.8, 4) is 0 Å². The summed E-state index contributed by atoms with van der Waals surface area (Å²) < 4.78 is 13.1. The maximum absolute atomic E-state index is 13.1. The van der Waals surface area contributed by atoms with Crippen molar-refractivity contribution in [1.29, 1.82) is 0 Å². The predicted molar refractivity (Wildman–Crippen MR) is 76.5 cm³/mol. The van der Waals surface area contributed by atoms with Crippen molar-refractivity contribution in [2.24, 2.45) is 0 Å². The van der Waals surface area contributed by atoms with Gasteiger partial charge >= 0.3 is 0 Å². The van der Waals surface area contributed by atoms with Gasteiger partial charge in [-0.2, -0.15) is 0 Å². The lowest BCUT2D eigenvalue weighted by molar-refractivity contribution is 0.0940. The van der Waals surface area contributed by atoms with Crippen LogP contribution < -0.4 is 5.32 Å². The average Bonchev–Trinajstić information content (AvgIpc) is 2.41. The van der Waals surface area contributed by atoms with Gasteiger partial charge in [-0.25, -0.2) is 9.37 Å². The molecule has 0 aliphatic carbocycles. The number of hydrogen-bond donors (Lipinski definition) is 1. The van der Waals surface area contributed by atoms with E-state index in [1.807, 2.05) is 0 Å². The first-order valence-corrected chi connectivity index (χ1v) is 6.60. The molecule has 0 saturated carbocycles. The summed E-state index contributed by atoms with van der Waals surface area (Å²) in [6, 6.07) is 7.06. The Kier molecular flexibility index (Phi) is 4.57. The number of carbonyl (C=O) groups excluding carboxylic acids is 1. The molecule has 1 N–H and O–H groups in total. The molecule has 1 amide bonds. The Morgan fingerprint density at radius 2 is 2.10 bits per heavy atom. The average molecular weight is 313 g/mol. The van der Waals surface area contributed by atoms with Gasteiger partial charge < -0.3 is 5.32 Å². The van der Waals surface area contributed by atoms with E-state index in [0.29, 0.717) is 5.56 Å². The van der Waals surface area contributed by atoms with Gasteiger partial charge in [0.2, 0.25) is 0 Å². The van der Waals surface area contributed by atoms with Gasteiger partial charge in [-0.05, 0) is 30.7 Å². The van der Waals surface area contributed by atoms with Crippen molar-refractivity contribution in [3.05, 3.63) is 63.6 Å². The van der Waals surface area contributed by atoms with E-state index in [4.69, 9.17) is 23.2 Å². The van der Waals surface area contributed by atoms with Gasteiger partial charge in [-0.3, -0.25) is 4.79 Å². The first kappa shape index (κ1) is 14.8. The Morgan fingerprint density at radius 1 is 1.35 bits per heavy atom. The Morgan fingerprint density at radius 3 is 2.80 bits per heavy atom. The molecule has 0 fully saturated rings. The summed E-state index contributed by atoms with van der Waals surface area (Å²) in [5.41, 5.74) is 0.893. The lowest BCUT2D eigenvalue weighted by Gasteiger charge is -2.15. The third-order valence-electron chi connectivity index (χ3n) is 2.76. The van der Waals surface area contributed by atoms with Gasteiger partial charge in [0.1, 0.15) is 11.0 Å². The maximum atomic E-state index is 13.1. The molecule has 1 aromatic carbocycles. The van der Waals surface area contributed by atoms with Crippen LogP contribution in [0.1, 0.15) is 28.9 Å². The van der Waals surface area contributed by atoms with E-state index < -0.39 is 5.91 Å². The Bertz CT molecular complexity index is 649. The van der Waals surface area contributed by atoms with Crippen LogP contribution >= 0.6 is 23.2 Å². The molecule has 20 heavy (non-hydrogen) atoms. The lowest BCUT2D eigenvalue weighted by Crippen LogP contribution is -2.27. The highest BCUT2D eigenvalue weighted by Crippen LogP contribution is 2.20. The minimum absolute atomic E-state index is 0.179. The number of carbonyl (C=O) groups is 1. The number of nitrogens with zero attached hydrogens (tertiary/aromatic N) is 1. The van der Waals surface area contributed by atoms with Crippen LogP contribution in [0.5, 0.6) is 0 Å². The SMILES string of the molecule is CC(NC(=O)c1cc(Cl)ncc1Cl)c1cccc(F)c1. The minimum atomic E-state index is -0.393. The number of rotatable bonds is 3.